The number of nitrogens with zero attached hydrogens (tertiary/aromatic N) is 2. The smallest absolute Gasteiger partial charge is 0.244 e. The first kappa shape index (κ1) is 26.4. The van der Waals surface area contributed by atoms with Crippen LogP contribution in [0.1, 0.15) is 44.4 Å². The second-order valence-electron chi connectivity index (χ2n) is 9.53. The van der Waals surface area contributed by atoms with Gasteiger partial charge in [-0.3, -0.25) is 13.9 Å². The molecule has 1 unspecified atom stereocenters. The van der Waals surface area contributed by atoms with Crippen molar-refractivity contribution in [2.24, 2.45) is 0 Å². The van der Waals surface area contributed by atoms with E-state index in [2.05, 4.69) is 5.32 Å². The van der Waals surface area contributed by atoms with Crippen LogP contribution in [0.2, 0.25) is 0 Å². The van der Waals surface area contributed by atoms with Gasteiger partial charge in [-0.2, -0.15) is 0 Å². The maximum atomic E-state index is 13.5. The van der Waals surface area contributed by atoms with Gasteiger partial charge in [0.05, 0.1) is 11.9 Å². The number of anilines is 1. The second kappa shape index (κ2) is 10.4. The molecule has 0 radical (unpaired) electrons. The molecule has 2 amide bonds. The Balaban J connectivity index is 2.41. The monoisotopic (exact) mass is 473 g/mol. The van der Waals surface area contributed by atoms with Crippen molar-refractivity contribution in [1.82, 2.24) is 10.2 Å². The third-order valence-corrected chi connectivity index (χ3v) is 6.21. The number of sulfonamides is 1. The Kier molecular flexibility index (Phi) is 8.30. The number of hydrogen-bond acceptors (Lipinski definition) is 4. The first-order valence-corrected chi connectivity index (χ1v) is 12.7. The van der Waals surface area contributed by atoms with E-state index in [-0.39, 0.29) is 12.5 Å². The molecule has 2 aromatic carbocycles. The molecule has 0 aliphatic heterocycles. The van der Waals surface area contributed by atoms with Crippen LogP contribution in [-0.4, -0.2) is 49.5 Å². The minimum atomic E-state index is -3.73. The Labute approximate surface area is 197 Å². The van der Waals surface area contributed by atoms with Crippen LogP contribution < -0.4 is 9.62 Å². The first-order valence-electron chi connectivity index (χ1n) is 10.9. The van der Waals surface area contributed by atoms with E-state index in [1.54, 1.807) is 25.1 Å². The molecule has 180 valence electrons. The molecule has 33 heavy (non-hydrogen) atoms. The number of nitrogens with one attached hydrogen (secondary N) is 1. The van der Waals surface area contributed by atoms with E-state index in [9.17, 15) is 18.0 Å². The first-order chi connectivity index (χ1) is 15.2. The number of benzene rings is 2. The van der Waals surface area contributed by atoms with Gasteiger partial charge in [0.1, 0.15) is 12.6 Å². The van der Waals surface area contributed by atoms with Crippen LogP contribution in [0.25, 0.3) is 0 Å². The van der Waals surface area contributed by atoms with Crippen molar-refractivity contribution < 1.29 is 18.0 Å². The molecule has 0 aromatic heterocycles. The van der Waals surface area contributed by atoms with Gasteiger partial charge in [0.25, 0.3) is 0 Å². The summed E-state index contributed by atoms with van der Waals surface area (Å²) in [6, 6.07) is 13.9. The molecule has 0 bridgehead atoms. The zero-order chi connectivity index (χ0) is 25.0. The van der Waals surface area contributed by atoms with Crippen molar-refractivity contribution in [1.29, 1.82) is 0 Å². The highest BCUT2D eigenvalue weighted by Gasteiger charge is 2.31. The Hall–Kier alpha value is -2.87. The van der Waals surface area contributed by atoms with Gasteiger partial charge in [0, 0.05) is 12.1 Å². The lowest BCUT2D eigenvalue weighted by atomic mass is 10.1. The van der Waals surface area contributed by atoms with Gasteiger partial charge in [-0.15, -0.1) is 0 Å². The molecule has 1 N–H and O–H groups in total. The van der Waals surface area contributed by atoms with E-state index >= 15 is 0 Å². The van der Waals surface area contributed by atoms with E-state index in [1.165, 1.54) is 4.90 Å². The summed E-state index contributed by atoms with van der Waals surface area (Å²) in [5.74, 6) is -0.759. The van der Waals surface area contributed by atoms with Crippen LogP contribution in [0.4, 0.5) is 5.69 Å². The van der Waals surface area contributed by atoms with Crippen LogP contribution in [-0.2, 0) is 26.2 Å². The molecule has 0 saturated carbocycles. The zero-order valence-corrected chi connectivity index (χ0v) is 21.4. The number of aryl methyl sites for hydroxylation is 2. The summed E-state index contributed by atoms with van der Waals surface area (Å²) < 4.78 is 26.2. The average Bonchev–Trinajstić information content (AvgIpc) is 2.67. The van der Waals surface area contributed by atoms with Crippen LogP contribution in [0.3, 0.4) is 0 Å². The fourth-order valence-corrected chi connectivity index (χ4v) is 4.30. The Bertz CT molecular complexity index is 1110. The molecule has 0 aliphatic rings. The molecule has 0 saturated heterocycles. The van der Waals surface area contributed by atoms with Gasteiger partial charge in [-0.1, -0.05) is 42.0 Å². The summed E-state index contributed by atoms with van der Waals surface area (Å²) in [5.41, 5.74) is 2.71. The second-order valence-corrected chi connectivity index (χ2v) is 11.4. The third-order valence-electron chi connectivity index (χ3n) is 5.07. The predicted molar refractivity (Wildman–Crippen MR) is 132 cm³/mol. The topological polar surface area (TPSA) is 86.8 Å². The highest BCUT2D eigenvalue weighted by molar-refractivity contribution is 7.92. The van der Waals surface area contributed by atoms with E-state index in [0.717, 1.165) is 27.3 Å². The molecule has 0 heterocycles. The number of carbonyl (C=O) groups excluding carboxylic acids is 2. The molecule has 1 atom stereocenters. The molecule has 0 fully saturated rings. The molecule has 0 aliphatic carbocycles. The maximum absolute atomic E-state index is 13.5. The van der Waals surface area contributed by atoms with Crippen LogP contribution in [0, 0.1) is 13.8 Å². The summed E-state index contributed by atoms with van der Waals surface area (Å²) in [7, 11) is -3.73. The van der Waals surface area contributed by atoms with E-state index in [0.29, 0.717) is 5.69 Å². The number of amides is 2. The van der Waals surface area contributed by atoms with Crippen LogP contribution in [0.5, 0.6) is 0 Å². The quantitative estimate of drug-likeness (QED) is 0.637. The van der Waals surface area contributed by atoms with Gasteiger partial charge in [-0.05, 0) is 64.8 Å². The summed E-state index contributed by atoms with van der Waals surface area (Å²) in [6.45, 7) is 10.9. The minimum absolute atomic E-state index is 0.185. The Morgan fingerprint density at radius 2 is 1.58 bits per heavy atom. The SMILES string of the molecule is Cc1cccc(CN(C(=O)CN(c2cccc(C)c2)S(C)(=O)=O)C(C)C(=O)NC(C)(C)C)c1. The van der Waals surface area contributed by atoms with Gasteiger partial charge < -0.3 is 10.2 Å². The van der Waals surface area contributed by atoms with Crippen LogP contribution >= 0.6 is 0 Å². The summed E-state index contributed by atoms with van der Waals surface area (Å²) in [6.07, 6.45) is 1.07. The van der Waals surface area contributed by atoms with E-state index in [1.807, 2.05) is 65.0 Å². The fraction of sp³-hybridized carbons (Fsp3) is 0.440. The summed E-state index contributed by atoms with van der Waals surface area (Å²) in [4.78, 5) is 27.9. The molecular formula is C25H35N3O4S. The highest BCUT2D eigenvalue weighted by Crippen LogP contribution is 2.20. The van der Waals surface area contributed by atoms with Gasteiger partial charge in [-0.25, -0.2) is 8.42 Å². The minimum Gasteiger partial charge on any atom is -0.350 e. The largest absolute Gasteiger partial charge is 0.350 e. The number of hydrogen-bond donors (Lipinski definition) is 1. The lowest BCUT2D eigenvalue weighted by Gasteiger charge is -2.33. The highest BCUT2D eigenvalue weighted by atomic mass is 32.2. The standard InChI is InChI=1S/C25H35N3O4S/c1-18-10-8-12-21(14-18)16-27(20(3)24(30)26-25(4,5)6)23(29)17-28(33(7,31)32)22-13-9-11-19(2)15-22/h8-15,20H,16-17H2,1-7H3,(H,26,30). The lowest BCUT2D eigenvalue weighted by molar-refractivity contribution is -0.140. The van der Waals surface area contributed by atoms with Crippen molar-refractivity contribution in [3.8, 4) is 0 Å². The van der Waals surface area contributed by atoms with Crippen molar-refractivity contribution in [3.05, 3.63) is 65.2 Å². The molecule has 8 heteroatoms. The molecule has 7 nitrogen and oxygen atoms in total. The Morgan fingerprint density at radius 3 is 2.09 bits per heavy atom. The van der Waals surface area contributed by atoms with Crippen molar-refractivity contribution in [2.45, 2.75) is 59.7 Å². The van der Waals surface area contributed by atoms with Gasteiger partial charge in [0.15, 0.2) is 0 Å². The lowest BCUT2D eigenvalue weighted by Crippen LogP contribution is -2.54. The molecular weight excluding hydrogens is 438 g/mol. The third kappa shape index (κ3) is 7.89. The average molecular weight is 474 g/mol. The van der Waals surface area contributed by atoms with Crippen molar-refractivity contribution in [2.75, 3.05) is 17.1 Å². The number of rotatable bonds is 8. The van der Waals surface area contributed by atoms with Gasteiger partial charge in [0.2, 0.25) is 21.8 Å². The number of carbonyl (C=O) groups is 2. The predicted octanol–water partition coefficient (Wildman–Crippen LogP) is 3.40. The molecule has 0 spiro atoms. The fourth-order valence-electron chi connectivity index (χ4n) is 3.46. The molecule has 2 aromatic rings. The normalized spacial score (nSPS) is 12.7. The molecule has 2 rings (SSSR count). The maximum Gasteiger partial charge on any atom is 0.244 e. The summed E-state index contributed by atoms with van der Waals surface area (Å²) >= 11 is 0. The zero-order valence-electron chi connectivity index (χ0n) is 20.5. The van der Waals surface area contributed by atoms with E-state index in [4.69, 9.17) is 0 Å². The Morgan fingerprint density at radius 1 is 1.00 bits per heavy atom. The van der Waals surface area contributed by atoms with Crippen molar-refractivity contribution >= 4 is 27.5 Å². The van der Waals surface area contributed by atoms with E-state index < -0.39 is 34.1 Å². The summed E-state index contributed by atoms with van der Waals surface area (Å²) in [5, 5.41) is 2.91. The van der Waals surface area contributed by atoms with Gasteiger partial charge >= 0.3 is 0 Å². The van der Waals surface area contributed by atoms with Crippen molar-refractivity contribution in [3.63, 3.8) is 0 Å². The van der Waals surface area contributed by atoms with Crippen LogP contribution in [0.15, 0.2) is 48.5 Å².